The number of nitro benzene ring substituents is 1. The van der Waals surface area contributed by atoms with E-state index in [9.17, 15) is 19.3 Å². The number of aromatic carboxylic acids is 1. The first-order valence-electron chi connectivity index (χ1n) is 5.86. The van der Waals surface area contributed by atoms with Gasteiger partial charge in [0.1, 0.15) is 18.2 Å². The molecule has 0 unspecified atom stereocenters. The van der Waals surface area contributed by atoms with Gasteiger partial charge in [0.15, 0.2) is 0 Å². The van der Waals surface area contributed by atoms with Crippen molar-refractivity contribution in [2.75, 3.05) is 0 Å². The van der Waals surface area contributed by atoms with Crippen LogP contribution in [-0.2, 0) is 6.61 Å². The Morgan fingerprint density at radius 1 is 1.24 bits per heavy atom. The third-order valence-corrected chi connectivity index (χ3v) is 2.72. The van der Waals surface area contributed by atoms with Gasteiger partial charge in [0, 0.05) is 18.2 Å². The van der Waals surface area contributed by atoms with E-state index in [4.69, 9.17) is 9.84 Å². The molecule has 6 nitrogen and oxygen atoms in total. The molecule has 0 saturated heterocycles. The molecule has 0 spiro atoms. The number of non-ortho nitro benzene ring substituents is 1. The van der Waals surface area contributed by atoms with Crippen molar-refractivity contribution in [1.29, 1.82) is 0 Å². The van der Waals surface area contributed by atoms with E-state index in [0.29, 0.717) is 5.56 Å². The number of carboxylic acids is 1. The fourth-order valence-corrected chi connectivity index (χ4v) is 1.64. The lowest BCUT2D eigenvalue weighted by Crippen LogP contribution is -2.02. The Hall–Kier alpha value is -2.96. The summed E-state index contributed by atoms with van der Waals surface area (Å²) in [6.07, 6.45) is 0. The molecule has 0 radical (unpaired) electrons. The molecule has 0 bridgehead atoms. The quantitative estimate of drug-likeness (QED) is 0.675. The molecule has 2 rings (SSSR count). The molecular formula is C14H10FNO5. The standard InChI is InChI=1S/C14H10FNO5/c15-13-7-11(5-6-12(13)14(17)18)21-8-9-1-3-10(4-2-9)16(19)20/h1-7H,8H2,(H,17,18). The van der Waals surface area contributed by atoms with E-state index in [0.717, 1.165) is 12.1 Å². The Bertz CT molecular complexity index is 684. The molecule has 0 aliphatic carbocycles. The zero-order valence-corrected chi connectivity index (χ0v) is 10.7. The van der Waals surface area contributed by atoms with Crippen molar-refractivity contribution in [3.05, 3.63) is 69.5 Å². The van der Waals surface area contributed by atoms with Gasteiger partial charge >= 0.3 is 5.97 Å². The number of ether oxygens (including phenoxy) is 1. The van der Waals surface area contributed by atoms with Crippen LogP contribution >= 0.6 is 0 Å². The van der Waals surface area contributed by atoms with E-state index in [1.165, 1.54) is 30.3 Å². The van der Waals surface area contributed by atoms with E-state index in [1.807, 2.05) is 0 Å². The van der Waals surface area contributed by atoms with Gasteiger partial charge in [0.05, 0.1) is 10.5 Å². The van der Waals surface area contributed by atoms with Crippen LogP contribution in [0.1, 0.15) is 15.9 Å². The molecule has 21 heavy (non-hydrogen) atoms. The van der Waals surface area contributed by atoms with Crippen molar-refractivity contribution in [2.45, 2.75) is 6.61 Å². The van der Waals surface area contributed by atoms with Gasteiger partial charge in [-0.1, -0.05) is 0 Å². The first-order valence-corrected chi connectivity index (χ1v) is 5.86. The van der Waals surface area contributed by atoms with Crippen molar-refractivity contribution in [2.24, 2.45) is 0 Å². The highest BCUT2D eigenvalue weighted by atomic mass is 19.1. The summed E-state index contributed by atoms with van der Waals surface area (Å²) in [5.74, 6) is -2.06. The van der Waals surface area contributed by atoms with Crippen molar-refractivity contribution >= 4 is 11.7 Å². The second kappa shape index (κ2) is 6.00. The molecule has 0 aliphatic heterocycles. The molecule has 0 amide bonds. The maximum absolute atomic E-state index is 13.4. The summed E-state index contributed by atoms with van der Waals surface area (Å²) in [6, 6.07) is 9.18. The fraction of sp³-hybridized carbons (Fsp3) is 0.0714. The summed E-state index contributed by atoms with van der Waals surface area (Å²) in [5.41, 5.74) is 0.205. The second-order valence-corrected chi connectivity index (χ2v) is 4.16. The highest BCUT2D eigenvalue weighted by Gasteiger charge is 2.11. The molecule has 0 saturated carbocycles. The van der Waals surface area contributed by atoms with Crippen LogP contribution in [0, 0.1) is 15.9 Å². The van der Waals surface area contributed by atoms with E-state index >= 15 is 0 Å². The van der Waals surface area contributed by atoms with Crippen molar-refractivity contribution in [3.8, 4) is 5.75 Å². The van der Waals surface area contributed by atoms with Crippen LogP contribution in [0.2, 0.25) is 0 Å². The third-order valence-electron chi connectivity index (χ3n) is 2.72. The number of nitrogens with zero attached hydrogens (tertiary/aromatic N) is 1. The van der Waals surface area contributed by atoms with Crippen LogP contribution in [0.25, 0.3) is 0 Å². The smallest absolute Gasteiger partial charge is 0.338 e. The first-order chi connectivity index (χ1) is 9.97. The van der Waals surface area contributed by atoms with Gasteiger partial charge in [-0.2, -0.15) is 0 Å². The van der Waals surface area contributed by atoms with Crippen molar-refractivity contribution in [1.82, 2.24) is 0 Å². The minimum Gasteiger partial charge on any atom is -0.489 e. The van der Waals surface area contributed by atoms with Crippen molar-refractivity contribution < 1.29 is 24.0 Å². The van der Waals surface area contributed by atoms with E-state index in [1.54, 1.807) is 0 Å². The van der Waals surface area contributed by atoms with Gasteiger partial charge in [-0.3, -0.25) is 10.1 Å². The Morgan fingerprint density at radius 2 is 1.90 bits per heavy atom. The normalized spacial score (nSPS) is 10.1. The third kappa shape index (κ3) is 3.53. The average molecular weight is 291 g/mol. The summed E-state index contributed by atoms with van der Waals surface area (Å²) in [7, 11) is 0. The molecular weight excluding hydrogens is 281 g/mol. The van der Waals surface area contributed by atoms with Crippen LogP contribution in [0.5, 0.6) is 5.75 Å². The molecule has 2 aromatic carbocycles. The molecule has 1 N–H and O–H groups in total. The summed E-state index contributed by atoms with van der Waals surface area (Å²) < 4.78 is 18.7. The SMILES string of the molecule is O=C(O)c1ccc(OCc2ccc([N+](=O)[O-])cc2)cc1F. The minimum atomic E-state index is -1.35. The second-order valence-electron chi connectivity index (χ2n) is 4.16. The first kappa shape index (κ1) is 14.4. The molecule has 0 aliphatic rings. The molecule has 0 fully saturated rings. The van der Waals surface area contributed by atoms with Gasteiger partial charge in [0.2, 0.25) is 0 Å². The number of nitro groups is 1. The molecule has 0 aromatic heterocycles. The lowest BCUT2D eigenvalue weighted by molar-refractivity contribution is -0.384. The van der Waals surface area contributed by atoms with Gasteiger partial charge in [-0.05, 0) is 29.8 Å². The van der Waals surface area contributed by atoms with Crippen LogP contribution < -0.4 is 4.74 Å². The van der Waals surface area contributed by atoms with Crippen molar-refractivity contribution in [3.63, 3.8) is 0 Å². The highest BCUT2D eigenvalue weighted by molar-refractivity contribution is 5.88. The zero-order valence-electron chi connectivity index (χ0n) is 10.7. The van der Waals surface area contributed by atoms with Crippen LogP contribution in [0.15, 0.2) is 42.5 Å². The molecule has 7 heteroatoms. The topological polar surface area (TPSA) is 89.7 Å². The average Bonchev–Trinajstić information content (AvgIpc) is 2.45. The lowest BCUT2D eigenvalue weighted by atomic mass is 10.2. The predicted octanol–water partition coefficient (Wildman–Crippen LogP) is 3.01. The summed E-state index contributed by atoms with van der Waals surface area (Å²) >= 11 is 0. The summed E-state index contributed by atoms with van der Waals surface area (Å²) in [6.45, 7) is 0.0872. The van der Waals surface area contributed by atoms with E-state index in [2.05, 4.69) is 0 Å². The minimum absolute atomic E-state index is 0.0318. The Kier molecular flexibility index (Phi) is 4.13. The van der Waals surface area contributed by atoms with Crippen LogP contribution in [0.3, 0.4) is 0 Å². The largest absolute Gasteiger partial charge is 0.489 e. The zero-order chi connectivity index (χ0) is 15.4. The van der Waals surface area contributed by atoms with Gasteiger partial charge in [-0.25, -0.2) is 9.18 Å². The summed E-state index contributed by atoms with van der Waals surface area (Å²) in [5, 5.41) is 19.2. The predicted molar refractivity (Wildman–Crippen MR) is 70.8 cm³/mol. The number of carboxylic acid groups (broad SMARTS) is 1. The number of halogens is 1. The number of hydrogen-bond acceptors (Lipinski definition) is 4. The van der Waals surface area contributed by atoms with Crippen LogP contribution in [0.4, 0.5) is 10.1 Å². The van der Waals surface area contributed by atoms with E-state index in [-0.39, 0.29) is 18.0 Å². The molecule has 0 heterocycles. The Labute approximate surface area is 118 Å². The van der Waals surface area contributed by atoms with Gasteiger partial charge in [0.25, 0.3) is 5.69 Å². The van der Waals surface area contributed by atoms with Gasteiger partial charge < -0.3 is 9.84 Å². The highest BCUT2D eigenvalue weighted by Crippen LogP contribution is 2.19. The summed E-state index contributed by atoms with van der Waals surface area (Å²) in [4.78, 5) is 20.7. The van der Waals surface area contributed by atoms with Crippen LogP contribution in [-0.4, -0.2) is 16.0 Å². The van der Waals surface area contributed by atoms with E-state index < -0.39 is 22.3 Å². The Morgan fingerprint density at radius 3 is 2.43 bits per heavy atom. The van der Waals surface area contributed by atoms with Gasteiger partial charge in [-0.15, -0.1) is 0 Å². The fourth-order valence-electron chi connectivity index (χ4n) is 1.64. The monoisotopic (exact) mass is 291 g/mol. The lowest BCUT2D eigenvalue weighted by Gasteiger charge is -2.07. The Balaban J connectivity index is 2.04. The molecule has 2 aromatic rings. The maximum Gasteiger partial charge on any atom is 0.338 e. The molecule has 0 atom stereocenters. The molecule has 108 valence electrons. The number of rotatable bonds is 5. The number of hydrogen-bond donors (Lipinski definition) is 1. The maximum atomic E-state index is 13.4. The number of carbonyl (C=O) groups is 1. The number of benzene rings is 2.